The van der Waals surface area contributed by atoms with Crippen molar-refractivity contribution in [3.63, 3.8) is 0 Å². The van der Waals surface area contributed by atoms with Crippen LogP contribution in [0.3, 0.4) is 0 Å². The molecule has 1 saturated carbocycles. The molecule has 0 bridgehead atoms. The van der Waals surface area contributed by atoms with Crippen LogP contribution in [0, 0.1) is 11.3 Å². The van der Waals surface area contributed by atoms with E-state index in [0.29, 0.717) is 12.3 Å². The van der Waals surface area contributed by atoms with Gasteiger partial charge in [-0.25, -0.2) is 9.97 Å². The maximum Gasteiger partial charge on any atom is 0.139 e. The summed E-state index contributed by atoms with van der Waals surface area (Å²) in [5.74, 6) is 1.61. The van der Waals surface area contributed by atoms with E-state index in [0.717, 1.165) is 46.5 Å². The Morgan fingerprint density at radius 2 is 2.23 bits per heavy atom. The van der Waals surface area contributed by atoms with Crippen LogP contribution >= 0.6 is 0 Å². The number of nitriles is 1. The van der Waals surface area contributed by atoms with Crippen LogP contribution in [-0.2, 0) is 6.54 Å². The Balaban J connectivity index is 1.67. The van der Waals surface area contributed by atoms with Gasteiger partial charge in [-0.2, -0.15) is 10.4 Å². The molecule has 0 spiro atoms. The molecule has 1 aliphatic carbocycles. The number of nitrogens with zero attached hydrogens (tertiary/aromatic N) is 6. The van der Waals surface area contributed by atoms with E-state index in [4.69, 9.17) is 10.2 Å². The van der Waals surface area contributed by atoms with Crippen LogP contribution in [0.5, 0.6) is 0 Å². The molecule has 0 amide bonds. The Kier molecular flexibility index (Phi) is 3.49. The predicted molar refractivity (Wildman–Crippen MR) is 97.9 cm³/mol. The number of aromatic amines is 1. The number of hydrogen-bond acceptors (Lipinski definition) is 4. The van der Waals surface area contributed by atoms with Gasteiger partial charge in [0.1, 0.15) is 17.0 Å². The average molecular weight is 345 g/mol. The van der Waals surface area contributed by atoms with Crippen LogP contribution < -0.4 is 0 Å². The molecule has 0 saturated heterocycles. The molecule has 0 unspecified atom stereocenters. The highest BCUT2D eigenvalue weighted by atomic mass is 15.3. The summed E-state index contributed by atoms with van der Waals surface area (Å²) in [5, 5.41) is 14.3. The Hall–Kier alpha value is -3.14. The molecule has 0 radical (unpaired) electrons. The van der Waals surface area contributed by atoms with Gasteiger partial charge in [0.25, 0.3) is 0 Å². The minimum atomic E-state index is 0.498. The maximum absolute atomic E-state index is 8.73. The summed E-state index contributed by atoms with van der Waals surface area (Å²) in [5.41, 5.74) is 3.92. The van der Waals surface area contributed by atoms with Crippen molar-refractivity contribution in [2.45, 2.75) is 44.6 Å². The first-order valence-electron chi connectivity index (χ1n) is 9.09. The lowest BCUT2D eigenvalue weighted by molar-refractivity contribution is 0.399. The van der Waals surface area contributed by atoms with Gasteiger partial charge in [-0.15, -0.1) is 0 Å². The first-order valence-corrected chi connectivity index (χ1v) is 9.09. The fourth-order valence-electron chi connectivity index (χ4n) is 3.70. The van der Waals surface area contributed by atoms with Crippen LogP contribution in [-0.4, -0.2) is 29.3 Å². The highest BCUT2D eigenvalue weighted by molar-refractivity contribution is 6.02. The van der Waals surface area contributed by atoms with E-state index < -0.39 is 0 Å². The zero-order chi connectivity index (χ0) is 17.5. The van der Waals surface area contributed by atoms with Gasteiger partial charge in [-0.3, -0.25) is 9.25 Å². The van der Waals surface area contributed by atoms with Crippen molar-refractivity contribution in [1.29, 1.82) is 5.26 Å². The van der Waals surface area contributed by atoms with Gasteiger partial charge in [-0.1, -0.05) is 6.42 Å². The number of nitrogens with one attached hydrogen (secondary N) is 1. The smallest absolute Gasteiger partial charge is 0.139 e. The number of aryl methyl sites for hydroxylation is 1. The van der Waals surface area contributed by atoms with Gasteiger partial charge < -0.3 is 4.98 Å². The van der Waals surface area contributed by atoms with Gasteiger partial charge >= 0.3 is 0 Å². The van der Waals surface area contributed by atoms with Crippen molar-refractivity contribution in [1.82, 2.24) is 29.3 Å². The van der Waals surface area contributed by atoms with Crippen molar-refractivity contribution in [2.24, 2.45) is 0 Å². The standard InChI is InChI=1S/C19H19N7/c20-7-1-2-9-25-12-14(10-23-25)26-17-15-6-8-21-18(15)22-11-16(17)24-19(26)13-4-3-5-13/h6,8,10-13H,1-5,9H2,(H,21,22). The van der Waals surface area contributed by atoms with E-state index in [1.807, 2.05) is 23.3 Å². The lowest BCUT2D eigenvalue weighted by atomic mass is 9.85. The minimum Gasteiger partial charge on any atom is -0.346 e. The monoisotopic (exact) mass is 345 g/mol. The first-order chi connectivity index (χ1) is 12.8. The summed E-state index contributed by atoms with van der Waals surface area (Å²) < 4.78 is 4.17. The third-order valence-electron chi connectivity index (χ3n) is 5.25. The molecule has 1 N–H and O–H groups in total. The third-order valence-corrected chi connectivity index (χ3v) is 5.25. The topological polar surface area (TPSA) is 88.1 Å². The van der Waals surface area contributed by atoms with Crippen LogP contribution in [0.4, 0.5) is 0 Å². The molecule has 130 valence electrons. The predicted octanol–water partition coefficient (Wildman–Crippen LogP) is 3.67. The molecular weight excluding hydrogens is 326 g/mol. The highest BCUT2D eigenvalue weighted by Gasteiger charge is 2.27. The van der Waals surface area contributed by atoms with Crippen molar-refractivity contribution in [3.05, 3.63) is 36.7 Å². The molecule has 1 fully saturated rings. The second-order valence-corrected chi connectivity index (χ2v) is 6.89. The number of fused-ring (bicyclic) bond motifs is 3. The van der Waals surface area contributed by atoms with Gasteiger partial charge in [0, 0.05) is 36.7 Å². The van der Waals surface area contributed by atoms with Crippen LogP contribution in [0.25, 0.3) is 27.8 Å². The fraction of sp³-hybridized carbons (Fsp3) is 0.368. The number of hydrogen-bond donors (Lipinski definition) is 1. The molecule has 1 aliphatic rings. The average Bonchev–Trinajstić information content (AvgIpc) is 3.29. The normalized spacial score (nSPS) is 14.7. The van der Waals surface area contributed by atoms with E-state index in [2.05, 4.69) is 38.0 Å². The number of rotatable bonds is 5. The fourth-order valence-corrected chi connectivity index (χ4v) is 3.70. The maximum atomic E-state index is 8.73. The summed E-state index contributed by atoms with van der Waals surface area (Å²) in [6.07, 6.45) is 12.7. The lowest BCUT2D eigenvalue weighted by Crippen LogP contribution is -2.14. The highest BCUT2D eigenvalue weighted by Crippen LogP contribution is 2.39. The molecule has 4 aromatic rings. The largest absolute Gasteiger partial charge is 0.346 e. The molecule has 0 aliphatic heterocycles. The summed E-state index contributed by atoms with van der Waals surface area (Å²) >= 11 is 0. The molecule has 7 heteroatoms. The molecule has 4 aromatic heterocycles. The minimum absolute atomic E-state index is 0.498. The van der Waals surface area contributed by atoms with Gasteiger partial charge in [0.2, 0.25) is 0 Å². The zero-order valence-corrected chi connectivity index (χ0v) is 14.4. The van der Waals surface area contributed by atoms with Crippen molar-refractivity contribution < 1.29 is 0 Å². The first kappa shape index (κ1) is 15.1. The summed E-state index contributed by atoms with van der Waals surface area (Å²) in [7, 11) is 0. The van der Waals surface area contributed by atoms with E-state index in [-0.39, 0.29) is 0 Å². The number of H-pyrrole nitrogens is 1. The van der Waals surface area contributed by atoms with Gasteiger partial charge in [0.15, 0.2) is 0 Å². The third kappa shape index (κ3) is 2.30. The Morgan fingerprint density at radius 1 is 1.31 bits per heavy atom. The molecule has 5 rings (SSSR count). The van der Waals surface area contributed by atoms with E-state index in [1.165, 1.54) is 19.3 Å². The second-order valence-electron chi connectivity index (χ2n) is 6.89. The molecule has 26 heavy (non-hydrogen) atoms. The second kappa shape index (κ2) is 5.99. The SMILES string of the molecule is N#CCCCn1cc(-n2c(C3CCC3)nc3cnc4[nH]ccc4c32)cn1. The summed E-state index contributed by atoms with van der Waals surface area (Å²) in [6, 6.07) is 4.25. The van der Waals surface area contributed by atoms with Crippen LogP contribution in [0.2, 0.25) is 0 Å². The Labute approximate surface area is 150 Å². The number of aromatic nitrogens is 6. The zero-order valence-electron chi connectivity index (χ0n) is 14.4. The van der Waals surface area contributed by atoms with Crippen molar-refractivity contribution in [2.75, 3.05) is 0 Å². The van der Waals surface area contributed by atoms with Crippen LogP contribution in [0.15, 0.2) is 30.9 Å². The number of imidazole rings is 1. The number of unbranched alkanes of at least 4 members (excludes halogenated alkanes) is 1. The van der Waals surface area contributed by atoms with Gasteiger partial charge in [0.05, 0.1) is 29.7 Å². The summed E-state index contributed by atoms with van der Waals surface area (Å²) in [4.78, 5) is 12.6. The molecular formula is C19H19N7. The summed E-state index contributed by atoms with van der Waals surface area (Å²) in [6.45, 7) is 0.750. The van der Waals surface area contributed by atoms with Crippen molar-refractivity contribution >= 4 is 22.1 Å². The molecule has 0 atom stereocenters. The van der Waals surface area contributed by atoms with Crippen LogP contribution in [0.1, 0.15) is 43.8 Å². The van der Waals surface area contributed by atoms with Crippen molar-refractivity contribution in [3.8, 4) is 11.8 Å². The quantitative estimate of drug-likeness (QED) is 0.559. The Morgan fingerprint density at radius 3 is 3.04 bits per heavy atom. The van der Waals surface area contributed by atoms with E-state index >= 15 is 0 Å². The van der Waals surface area contributed by atoms with Gasteiger partial charge in [-0.05, 0) is 25.3 Å². The molecule has 4 heterocycles. The van der Waals surface area contributed by atoms with E-state index in [1.54, 1.807) is 0 Å². The van der Waals surface area contributed by atoms with E-state index in [9.17, 15) is 0 Å². The lowest BCUT2D eigenvalue weighted by Gasteiger charge is -2.25. The molecule has 0 aromatic carbocycles. The Bertz CT molecular complexity index is 1120. The number of pyridine rings is 1. The molecule has 7 nitrogen and oxygen atoms in total.